The quantitative estimate of drug-likeness (QED) is 0.657. The van der Waals surface area contributed by atoms with Crippen LogP contribution in [0.2, 0.25) is 0 Å². The van der Waals surface area contributed by atoms with Crippen LogP contribution in [0.1, 0.15) is 25.1 Å². The zero-order chi connectivity index (χ0) is 20.9. The summed E-state index contributed by atoms with van der Waals surface area (Å²) in [5.41, 5.74) is 2.58. The molecule has 7 nitrogen and oxygen atoms in total. The molecule has 0 unspecified atom stereocenters. The fraction of sp³-hybridized carbons (Fsp3) is 0.348. The Balaban J connectivity index is 1.26. The molecule has 0 aliphatic carbocycles. The van der Waals surface area contributed by atoms with Gasteiger partial charge in [-0.05, 0) is 37.1 Å². The molecule has 0 bridgehead atoms. The predicted octanol–water partition coefficient (Wildman–Crippen LogP) is 3.38. The number of rotatable bonds is 6. The van der Waals surface area contributed by atoms with Gasteiger partial charge in [0.15, 0.2) is 0 Å². The number of carbonyl (C=O) groups is 2. The molecular weight excluding hydrogens is 380 g/mol. The van der Waals surface area contributed by atoms with Crippen LogP contribution in [-0.2, 0) is 16.0 Å². The number of methoxy groups -OCH3 is 1. The second-order valence-corrected chi connectivity index (χ2v) is 7.55. The molecule has 4 rings (SSSR count). The normalized spacial score (nSPS) is 14.6. The fourth-order valence-corrected chi connectivity index (χ4v) is 3.88. The van der Waals surface area contributed by atoms with Crippen LogP contribution in [-0.4, -0.2) is 46.9 Å². The van der Waals surface area contributed by atoms with Crippen LogP contribution in [0.3, 0.4) is 0 Å². The van der Waals surface area contributed by atoms with Gasteiger partial charge in [0.05, 0.1) is 23.8 Å². The molecule has 2 aromatic carbocycles. The van der Waals surface area contributed by atoms with Crippen molar-refractivity contribution in [2.45, 2.75) is 25.7 Å². The zero-order valence-electron chi connectivity index (χ0n) is 17.1. The molecule has 1 fully saturated rings. The average molecular weight is 406 g/mol. The van der Waals surface area contributed by atoms with Crippen LogP contribution in [0.4, 0.5) is 5.69 Å². The summed E-state index contributed by atoms with van der Waals surface area (Å²) in [6.07, 6.45) is 2.33. The smallest absolute Gasteiger partial charge is 0.227 e. The Labute approximate surface area is 175 Å². The Hall–Kier alpha value is -3.35. The Morgan fingerprint density at radius 3 is 2.63 bits per heavy atom. The summed E-state index contributed by atoms with van der Waals surface area (Å²) < 4.78 is 5.29. The first-order valence-electron chi connectivity index (χ1n) is 10.3. The molecule has 0 saturated carbocycles. The van der Waals surface area contributed by atoms with E-state index in [2.05, 4.69) is 15.3 Å². The number of imidazole rings is 1. The van der Waals surface area contributed by atoms with Gasteiger partial charge in [-0.2, -0.15) is 0 Å². The maximum absolute atomic E-state index is 12.6. The third-order valence-electron chi connectivity index (χ3n) is 5.60. The lowest BCUT2D eigenvalue weighted by Crippen LogP contribution is -2.41. The van der Waals surface area contributed by atoms with Crippen molar-refractivity contribution in [1.82, 2.24) is 14.9 Å². The zero-order valence-corrected chi connectivity index (χ0v) is 17.1. The number of ether oxygens (including phenoxy) is 1. The minimum absolute atomic E-state index is 0.0196. The number of aryl methyl sites for hydroxylation is 1. The highest BCUT2D eigenvalue weighted by molar-refractivity contribution is 5.94. The number of para-hydroxylation sites is 4. The van der Waals surface area contributed by atoms with Gasteiger partial charge >= 0.3 is 0 Å². The van der Waals surface area contributed by atoms with Gasteiger partial charge in [0.25, 0.3) is 0 Å². The average Bonchev–Trinajstić information content (AvgIpc) is 3.21. The molecule has 2 heterocycles. The Morgan fingerprint density at radius 2 is 1.87 bits per heavy atom. The maximum atomic E-state index is 12.6. The highest BCUT2D eigenvalue weighted by atomic mass is 16.5. The van der Waals surface area contributed by atoms with Gasteiger partial charge in [-0.25, -0.2) is 4.98 Å². The van der Waals surface area contributed by atoms with Crippen molar-refractivity contribution >= 4 is 28.5 Å². The number of aromatic nitrogens is 2. The van der Waals surface area contributed by atoms with E-state index in [0.29, 0.717) is 50.2 Å². The Morgan fingerprint density at radius 1 is 1.13 bits per heavy atom. The minimum Gasteiger partial charge on any atom is -0.495 e. The summed E-state index contributed by atoms with van der Waals surface area (Å²) in [5.74, 6) is 1.46. The number of aromatic amines is 1. The number of H-pyrrole nitrogens is 1. The van der Waals surface area contributed by atoms with Crippen LogP contribution in [0, 0.1) is 5.92 Å². The third-order valence-corrected chi connectivity index (χ3v) is 5.60. The van der Waals surface area contributed by atoms with E-state index in [0.717, 1.165) is 16.9 Å². The van der Waals surface area contributed by atoms with Crippen molar-refractivity contribution in [2.24, 2.45) is 5.92 Å². The number of likely N-dealkylation sites (tertiary alicyclic amines) is 1. The highest BCUT2D eigenvalue weighted by Crippen LogP contribution is 2.26. The van der Waals surface area contributed by atoms with Crippen LogP contribution in [0.5, 0.6) is 5.75 Å². The molecule has 0 spiro atoms. The van der Waals surface area contributed by atoms with Crippen LogP contribution in [0.25, 0.3) is 11.0 Å². The van der Waals surface area contributed by atoms with Gasteiger partial charge in [-0.1, -0.05) is 24.3 Å². The first-order chi connectivity index (χ1) is 14.6. The molecule has 7 heteroatoms. The number of benzene rings is 2. The number of hydrogen-bond donors (Lipinski definition) is 2. The lowest BCUT2D eigenvalue weighted by molar-refractivity contribution is -0.134. The number of amides is 2. The standard InChI is InChI=1S/C23H26N4O3/c1-30-20-9-5-4-8-19(20)26-23(29)16-12-14-27(15-13-16)22(28)11-10-21-24-17-6-2-3-7-18(17)25-21/h2-9,16H,10-15H2,1H3,(H,24,25)(H,26,29). The number of carbonyl (C=O) groups excluding carboxylic acids is 2. The van der Waals surface area contributed by atoms with E-state index < -0.39 is 0 Å². The maximum Gasteiger partial charge on any atom is 0.227 e. The van der Waals surface area contributed by atoms with Crippen LogP contribution >= 0.6 is 0 Å². The van der Waals surface area contributed by atoms with E-state index in [4.69, 9.17) is 4.74 Å². The second-order valence-electron chi connectivity index (χ2n) is 7.55. The highest BCUT2D eigenvalue weighted by Gasteiger charge is 2.27. The molecule has 30 heavy (non-hydrogen) atoms. The van der Waals surface area contributed by atoms with E-state index in [-0.39, 0.29) is 17.7 Å². The van der Waals surface area contributed by atoms with Gasteiger partial charge < -0.3 is 19.9 Å². The molecule has 1 saturated heterocycles. The molecule has 3 aromatic rings. The van der Waals surface area contributed by atoms with Gasteiger partial charge in [0.1, 0.15) is 11.6 Å². The van der Waals surface area contributed by atoms with E-state index in [1.165, 1.54) is 0 Å². The number of hydrogen-bond acceptors (Lipinski definition) is 4. The largest absolute Gasteiger partial charge is 0.495 e. The molecule has 0 atom stereocenters. The van der Waals surface area contributed by atoms with Gasteiger partial charge in [-0.15, -0.1) is 0 Å². The summed E-state index contributed by atoms with van der Waals surface area (Å²) in [5, 5.41) is 2.95. The van der Waals surface area contributed by atoms with Crippen molar-refractivity contribution in [2.75, 3.05) is 25.5 Å². The summed E-state index contributed by atoms with van der Waals surface area (Å²) in [6.45, 7) is 1.20. The predicted molar refractivity (Wildman–Crippen MR) is 115 cm³/mol. The molecule has 156 valence electrons. The number of nitrogens with one attached hydrogen (secondary N) is 2. The van der Waals surface area contributed by atoms with E-state index in [1.807, 2.05) is 53.4 Å². The van der Waals surface area contributed by atoms with Gasteiger partial charge in [0.2, 0.25) is 11.8 Å². The monoisotopic (exact) mass is 406 g/mol. The van der Waals surface area contributed by atoms with Crippen molar-refractivity contribution in [3.05, 3.63) is 54.4 Å². The molecule has 1 aliphatic rings. The third kappa shape index (κ3) is 4.45. The first kappa shape index (κ1) is 19.9. The van der Waals surface area contributed by atoms with E-state index in [1.54, 1.807) is 7.11 Å². The molecular formula is C23H26N4O3. The fourth-order valence-electron chi connectivity index (χ4n) is 3.88. The summed E-state index contributed by atoms with van der Waals surface area (Å²) >= 11 is 0. The van der Waals surface area contributed by atoms with E-state index >= 15 is 0 Å². The molecule has 2 N–H and O–H groups in total. The summed E-state index contributed by atoms with van der Waals surface area (Å²) in [4.78, 5) is 34.9. The van der Waals surface area contributed by atoms with Crippen molar-refractivity contribution in [1.29, 1.82) is 0 Å². The van der Waals surface area contributed by atoms with Crippen molar-refractivity contribution < 1.29 is 14.3 Å². The summed E-state index contributed by atoms with van der Waals surface area (Å²) in [6, 6.07) is 15.2. The van der Waals surface area contributed by atoms with Crippen molar-refractivity contribution in [3.8, 4) is 5.75 Å². The molecule has 2 amide bonds. The number of nitrogens with zero attached hydrogens (tertiary/aromatic N) is 2. The molecule has 1 aliphatic heterocycles. The van der Waals surface area contributed by atoms with Crippen LogP contribution < -0.4 is 10.1 Å². The molecule has 1 aromatic heterocycles. The van der Waals surface area contributed by atoms with Gasteiger partial charge in [0, 0.05) is 31.8 Å². The Bertz CT molecular complexity index is 1000. The lowest BCUT2D eigenvalue weighted by Gasteiger charge is -2.31. The number of piperidine rings is 1. The SMILES string of the molecule is COc1ccccc1NC(=O)C1CCN(C(=O)CCc2nc3ccccc3[nH]2)CC1. The summed E-state index contributed by atoms with van der Waals surface area (Å²) in [7, 11) is 1.58. The van der Waals surface area contributed by atoms with Gasteiger partial charge in [-0.3, -0.25) is 9.59 Å². The van der Waals surface area contributed by atoms with Crippen LogP contribution in [0.15, 0.2) is 48.5 Å². The lowest BCUT2D eigenvalue weighted by atomic mass is 9.95. The van der Waals surface area contributed by atoms with Crippen molar-refractivity contribution in [3.63, 3.8) is 0 Å². The number of anilines is 1. The Kier molecular flexibility index (Phi) is 5.97. The topological polar surface area (TPSA) is 87.3 Å². The molecule has 0 radical (unpaired) electrons. The minimum atomic E-state index is -0.102. The van der Waals surface area contributed by atoms with E-state index in [9.17, 15) is 9.59 Å². The second kappa shape index (κ2) is 8.98. The first-order valence-corrected chi connectivity index (χ1v) is 10.3. The number of fused-ring (bicyclic) bond motifs is 1.